The van der Waals surface area contributed by atoms with E-state index >= 15 is 0 Å². The van der Waals surface area contributed by atoms with Crippen LogP contribution >= 0.6 is 11.3 Å². The highest BCUT2D eigenvalue weighted by Crippen LogP contribution is 2.32. The highest BCUT2D eigenvalue weighted by molar-refractivity contribution is 7.10. The SMILES string of the molecule is CC.Cc1sccc1-c1c[nH]c2cnccc12. The number of hydrogen-bond donors (Lipinski definition) is 1. The number of aryl methyl sites for hydroxylation is 1. The van der Waals surface area contributed by atoms with Crippen LogP contribution in [0.25, 0.3) is 22.0 Å². The van der Waals surface area contributed by atoms with Gasteiger partial charge in [0.25, 0.3) is 0 Å². The Labute approximate surface area is 105 Å². The molecule has 0 bridgehead atoms. The molecule has 0 aromatic carbocycles. The van der Waals surface area contributed by atoms with Gasteiger partial charge in [-0.1, -0.05) is 13.8 Å². The second kappa shape index (κ2) is 5.15. The monoisotopic (exact) mass is 244 g/mol. The molecule has 0 aliphatic carbocycles. The Kier molecular flexibility index (Phi) is 3.59. The van der Waals surface area contributed by atoms with E-state index < -0.39 is 0 Å². The number of thiophene rings is 1. The first kappa shape index (κ1) is 11.9. The van der Waals surface area contributed by atoms with Gasteiger partial charge in [-0.05, 0) is 30.0 Å². The standard InChI is InChI=1S/C12H10N2S.C2H6/c1-8-9(3-5-15-8)11-6-14-12-7-13-4-2-10(11)12;1-2/h2-7,14H,1H3;1-2H3. The summed E-state index contributed by atoms with van der Waals surface area (Å²) in [4.78, 5) is 8.70. The summed E-state index contributed by atoms with van der Waals surface area (Å²) in [5, 5.41) is 3.37. The minimum atomic E-state index is 1.10. The van der Waals surface area contributed by atoms with Gasteiger partial charge in [0.1, 0.15) is 0 Å². The van der Waals surface area contributed by atoms with Crippen LogP contribution < -0.4 is 0 Å². The molecule has 3 aromatic heterocycles. The maximum absolute atomic E-state index is 4.10. The molecule has 0 saturated carbocycles. The van der Waals surface area contributed by atoms with E-state index in [1.807, 2.05) is 26.2 Å². The molecule has 0 unspecified atom stereocenters. The van der Waals surface area contributed by atoms with Gasteiger partial charge < -0.3 is 4.98 Å². The Hall–Kier alpha value is -1.61. The number of rotatable bonds is 1. The van der Waals surface area contributed by atoms with Crippen molar-refractivity contribution in [3.05, 3.63) is 41.0 Å². The third-order valence-electron chi connectivity index (χ3n) is 2.63. The first-order chi connectivity index (χ1) is 8.36. The molecule has 3 rings (SSSR count). The summed E-state index contributed by atoms with van der Waals surface area (Å²) < 4.78 is 0. The summed E-state index contributed by atoms with van der Waals surface area (Å²) in [6.07, 6.45) is 5.75. The van der Waals surface area contributed by atoms with Gasteiger partial charge in [-0.15, -0.1) is 11.3 Å². The molecule has 0 saturated heterocycles. The van der Waals surface area contributed by atoms with E-state index in [2.05, 4.69) is 40.6 Å². The van der Waals surface area contributed by atoms with E-state index in [0.29, 0.717) is 0 Å². The molecular formula is C14H16N2S. The third kappa shape index (κ3) is 2.11. The summed E-state index contributed by atoms with van der Waals surface area (Å²) in [5.41, 5.74) is 3.68. The van der Waals surface area contributed by atoms with Gasteiger partial charge in [0.2, 0.25) is 0 Å². The second-order valence-corrected chi connectivity index (χ2v) is 4.63. The van der Waals surface area contributed by atoms with Crippen molar-refractivity contribution in [1.29, 1.82) is 0 Å². The molecule has 0 amide bonds. The molecule has 0 aliphatic heterocycles. The van der Waals surface area contributed by atoms with E-state index in [9.17, 15) is 0 Å². The van der Waals surface area contributed by atoms with Crippen molar-refractivity contribution < 1.29 is 0 Å². The van der Waals surface area contributed by atoms with E-state index in [-0.39, 0.29) is 0 Å². The molecule has 0 atom stereocenters. The fourth-order valence-corrected chi connectivity index (χ4v) is 2.57. The largest absolute Gasteiger partial charge is 0.359 e. The second-order valence-electron chi connectivity index (χ2n) is 3.51. The summed E-state index contributed by atoms with van der Waals surface area (Å²) >= 11 is 1.78. The van der Waals surface area contributed by atoms with Gasteiger partial charge in [0.05, 0.1) is 11.7 Å². The summed E-state index contributed by atoms with van der Waals surface area (Å²) in [5.74, 6) is 0. The van der Waals surface area contributed by atoms with Gasteiger partial charge in [-0.25, -0.2) is 0 Å². The Balaban J connectivity index is 0.000000514. The Morgan fingerprint density at radius 1 is 1.18 bits per heavy atom. The van der Waals surface area contributed by atoms with Gasteiger partial charge in [0.15, 0.2) is 0 Å². The number of hydrogen-bond acceptors (Lipinski definition) is 2. The van der Waals surface area contributed by atoms with Crippen LogP contribution in [-0.2, 0) is 0 Å². The van der Waals surface area contributed by atoms with Crippen LogP contribution in [0.4, 0.5) is 0 Å². The average Bonchev–Trinajstić information content (AvgIpc) is 2.97. The first-order valence-electron chi connectivity index (χ1n) is 5.82. The zero-order valence-corrected chi connectivity index (χ0v) is 11.1. The average molecular weight is 244 g/mol. The minimum Gasteiger partial charge on any atom is -0.359 e. The molecule has 0 fully saturated rings. The van der Waals surface area contributed by atoms with Crippen LogP contribution in [0.15, 0.2) is 36.1 Å². The fraction of sp³-hybridized carbons (Fsp3) is 0.214. The Morgan fingerprint density at radius 3 is 2.71 bits per heavy atom. The number of fused-ring (bicyclic) bond motifs is 1. The molecule has 0 radical (unpaired) electrons. The van der Waals surface area contributed by atoms with Gasteiger partial charge in [-0.3, -0.25) is 4.98 Å². The molecule has 3 heteroatoms. The molecule has 88 valence electrons. The number of H-pyrrole nitrogens is 1. The van der Waals surface area contributed by atoms with Crippen molar-refractivity contribution in [3.63, 3.8) is 0 Å². The lowest BCUT2D eigenvalue weighted by Crippen LogP contribution is -1.74. The van der Waals surface area contributed by atoms with E-state index in [4.69, 9.17) is 0 Å². The van der Waals surface area contributed by atoms with E-state index in [0.717, 1.165) is 5.52 Å². The molecule has 2 nitrogen and oxygen atoms in total. The topological polar surface area (TPSA) is 28.7 Å². The zero-order valence-electron chi connectivity index (χ0n) is 10.3. The van der Waals surface area contributed by atoms with Crippen molar-refractivity contribution in [2.24, 2.45) is 0 Å². The lowest BCUT2D eigenvalue weighted by atomic mass is 10.1. The molecular weight excluding hydrogens is 228 g/mol. The number of pyridine rings is 1. The highest BCUT2D eigenvalue weighted by Gasteiger charge is 2.08. The third-order valence-corrected chi connectivity index (χ3v) is 3.48. The van der Waals surface area contributed by atoms with Crippen molar-refractivity contribution >= 4 is 22.2 Å². The number of nitrogens with zero attached hydrogens (tertiary/aromatic N) is 1. The van der Waals surface area contributed by atoms with Crippen LogP contribution in [0.3, 0.4) is 0 Å². The maximum Gasteiger partial charge on any atom is 0.0646 e. The predicted octanol–water partition coefficient (Wildman–Crippen LogP) is 4.63. The van der Waals surface area contributed by atoms with Crippen molar-refractivity contribution in [1.82, 2.24) is 9.97 Å². The lowest BCUT2D eigenvalue weighted by Gasteiger charge is -1.96. The number of aromatic amines is 1. The van der Waals surface area contributed by atoms with Crippen LogP contribution in [0.5, 0.6) is 0 Å². The van der Waals surface area contributed by atoms with Crippen LogP contribution in [0.2, 0.25) is 0 Å². The Bertz CT molecular complexity index is 607. The quantitative estimate of drug-likeness (QED) is 0.664. The maximum atomic E-state index is 4.10. The summed E-state index contributed by atoms with van der Waals surface area (Å²) in [7, 11) is 0. The minimum absolute atomic E-state index is 1.10. The smallest absolute Gasteiger partial charge is 0.0646 e. The zero-order chi connectivity index (χ0) is 12.3. The predicted molar refractivity (Wildman–Crippen MR) is 75.5 cm³/mol. The first-order valence-corrected chi connectivity index (χ1v) is 6.70. The van der Waals surface area contributed by atoms with Gasteiger partial charge in [-0.2, -0.15) is 0 Å². The van der Waals surface area contributed by atoms with Crippen molar-refractivity contribution in [2.45, 2.75) is 20.8 Å². The fourth-order valence-electron chi connectivity index (χ4n) is 1.86. The molecule has 3 heterocycles. The molecule has 0 aliphatic rings. The molecule has 1 N–H and O–H groups in total. The van der Waals surface area contributed by atoms with E-state index in [1.165, 1.54) is 21.4 Å². The van der Waals surface area contributed by atoms with Crippen molar-refractivity contribution in [2.75, 3.05) is 0 Å². The van der Waals surface area contributed by atoms with Crippen LogP contribution in [0, 0.1) is 6.92 Å². The lowest BCUT2D eigenvalue weighted by molar-refractivity contribution is 1.34. The van der Waals surface area contributed by atoms with Gasteiger partial charge >= 0.3 is 0 Å². The normalized spacial score (nSPS) is 10.1. The molecule has 17 heavy (non-hydrogen) atoms. The Morgan fingerprint density at radius 2 is 2.00 bits per heavy atom. The van der Waals surface area contributed by atoms with Crippen LogP contribution in [-0.4, -0.2) is 9.97 Å². The number of nitrogens with one attached hydrogen (secondary N) is 1. The molecule has 0 spiro atoms. The van der Waals surface area contributed by atoms with E-state index in [1.54, 1.807) is 11.3 Å². The van der Waals surface area contributed by atoms with Crippen LogP contribution in [0.1, 0.15) is 18.7 Å². The van der Waals surface area contributed by atoms with Crippen molar-refractivity contribution in [3.8, 4) is 11.1 Å². The summed E-state index contributed by atoms with van der Waals surface area (Å²) in [6.45, 7) is 6.15. The molecule has 3 aromatic rings. The highest BCUT2D eigenvalue weighted by atomic mass is 32.1. The summed E-state index contributed by atoms with van der Waals surface area (Å²) in [6, 6.07) is 4.22. The number of aromatic nitrogens is 2. The van der Waals surface area contributed by atoms with Gasteiger partial charge in [0, 0.05) is 28.2 Å².